The number of hydrogen-bond acceptors (Lipinski definition) is 3. The molecule has 0 fully saturated rings. The Morgan fingerprint density at radius 2 is 1.85 bits per heavy atom. The second-order valence-electron chi connectivity index (χ2n) is 4.63. The predicted octanol–water partition coefficient (Wildman–Crippen LogP) is 4.32. The van der Waals surface area contributed by atoms with Crippen molar-refractivity contribution in [2.75, 3.05) is 7.11 Å². The van der Waals surface area contributed by atoms with Crippen molar-refractivity contribution in [3.8, 4) is 5.75 Å². The van der Waals surface area contributed by atoms with Crippen molar-refractivity contribution in [2.45, 2.75) is 6.92 Å². The van der Waals surface area contributed by atoms with Gasteiger partial charge >= 0.3 is 0 Å². The van der Waals surface area contributed by atoms with E-state index in [9.17, 15) is 0 Å². The molecular weight excluding hydrogens is 250 g/mol. The largest absolute Gasteiger partial charge is 0.497 e. The van der Waals surface area contributed by atoms with E-state index in [-0.39, 0.29) is 0 Å². The molecule has 1 heterocycles. The van der Waals surface area contributed by atoms with Crippen LogP contribution in [0.25, 0.3) is 23.3 Å². The summed E-state index contributed by atoms with van der Waals surface area (Å²) in [5.74, 6) is 1.46. The summed E-state index contributed by atoms with van der Waals surface area (Å²) in [6.45, 7) is 2.04. The maximum Gasteiger partial charge on any atom is 0.220 e. The van der Waals surface area contributed by atoms with Gasteiger partial charge in [-0.25, -0.2) is 4.98 Å². The minimum absolute atomic E-state index is 0.612. The number of oxazole rings is 1. The Labute approximate surface area is 117 Å². The Morgan fingerprint density at radius 3 is 2.60 bits per heavy atom. The van der Waals surface area contributed by atoms with Crippen molar-refractivity contribution in [3.63, 3.8) is 0 Å². The fourth-order valence-corrected chi connectivity index (χ4v) is 2.01. The minimum Gasteiger partial charge on any atom is -0.497 e. The van der Waals surface area contributed by atoms with Crippen molar-refractivity contribution in [3.05, 3.63) is 59.5 Å². The molecule has 0 N–H and O–H groups in total. The van der Waals surface area contributed by atoms with E-state index < -0.39 is 0 Å². The number of fused-ring (bicyclic) bond motifs is 1. The lowest BCUT2D eigenvalue weighted by Crippen LogP contribution is -1.81. The average molecular weight is 265 g/mol. The Morgan fingerprint density at radius 1 is 1.05 bits per heavy atom. The molecule has 2 aromatic carbocycles. The first kappa shape index (κ1) is 12.5. The van der Waals surface area contributed by atoms with Crippen molar-refractivity contribution in [1.82, 2.24) is 4.98 Å². The van der Waals surface area contributed by atoms with Crippen molar-refractivity contribution < 1.29 is 9.15 Å². The van der Waals surface area contributed by atoms with E-state index in [2.05, 4.69) is 4.98 Å². The second kappa shape index (κ2) is 5.21. The monoisotopic (exact) mass is 265 g/mol. The number of methoxy groups -OCH3 is 1. The zero-order valence-electron chi connectivity index (χ0n) is 11.5. The van der Waals surface area contributed by atoms with Crippen LogP contribution in [-0.2, 0) is 0 Å². The molecule has 0 spiro atoms. The number of hydrogen-bond donors (Lipinski definition) is 0. The number of benzene rings is 2. The van der Waals surface area contributed by atoms with Crippen LogP contribution in [-0.4, -0.2) is 12.1 Å². The molecule has 0 bridgehead atoms. The molecule has 0 saturated carbocycles. The molecule has 3 nitrogen and oxygen atoms in total. The first-order valence-corrected chi connectivity index (χ1v) is 6.44. The molecule has 0 radical (unpaired) electrons. The summed E-state index contributed by atoms with van der Waals surface area (Å²) in [7, 11) is 1.66. The van der Waals surface area contributed by atoms with Crippen LogP contribution in [0.3, 0.4) is 0 Å². The van der Waals surface area contributed by atoms with Gasteiger partial charge in [0.1, 0.15) is 11.3 Å². The highest BCUT2D eigenvalue weighted by molar-refractivity contribution is 5.76. The molecule has 0 aliphatic carbocycles. The van der Waals surface area contributed by atoms with Crippen LogP contribution in [0, 0.1) is 6.92 Å². The summed E-state index contributed by atoms with van der Waals surface area (Å²) >= 11 is 0. The maximum atomic E-state index is 5.67. The number of ether oxygens (including phenoxy) is 1. The molecule has 0 aliphatic rings. The van der Waals surface area contributed by atoms with Crippen LogP contribution in [0.4, 0.5) is 0 Å². The van der Waals surface area contributed by atoms with Crippen molar-refractivity contribution >= 4 is 23.3 Å². The highest BCUT2D eigenvalue weighted by Gasteiger charge is 2.02. The highest BCUT2D eigenvalue weighted by Crippen LogP contribution is 2.19. The van der Waals surface area contributed by atoms with Gasteiger partial charge in [0.15, 0.2) is 5.58 Å². The lowest BCUT2D eigenvalue weighted by Gasteiger charge is -1.98. The van der Waals surface area contributed by atoms with Gasteiger partial charge < -0.3 is 9.15 Å². The van der Waals surface area contributed by atoms with E-state index in [1.165, 1.54) is 5.56 Å². The van der Waals surface area contributed by atoms with E-state index in [4.69, 9.17) is 9.15 Å². The topological polar surface area (TPSA) is 35.3 Å². The summed E-state index contributed by atoms with van der Waals surface area (Å²) < 4.78 is 10.8. The van der Waals surface area contributed by atoms with Gasteiger partial charge in [-0.05, 0) is 48.4 Å². The fraction of sp³-hybridized carbons (Fsp3) is 0.118. The minimum atomic E-state index is 0.612. The molecule has 20 heavy (non-hydrogen) atoms. The molecule has 3 heteroatoms. The molecule has 0 saturated heterocycles. The smallest absolute Gasteiger partial charge is 0.220 e. The summed E-state index contributed by atoms with van der Waals surface area (Å²) in [4.78, 5) is 4.44. The maximum absolute atomic E-state index is 5.67. The van der Waals surface area contributed by atoms with Gasteiger partial charge in [0, 0.05) is 6.08 Å². The zero-order chi connectivity index (χ0) is 13.9. The second-order valence-corrected chi connectivity index (χ2v) is 4.63. The molecule has 0 amide bonds. The predicted molar refractivity (Wildman–Crippen MR) is 80.7 cm³/mol. The van der Waals surface area contributed by atoms with Crippen LogP contribution >= 0.6 is 0 Å². The number of aromatic nitrogens is 1. The quantitative estimate of drug-likeness (QED) is 0.707. The molecule has 0 atom stereocenters. The number of aryl methyl sites for hydroxylation is 1. The summed E-state index contributed by atoms with van der Waals surface area (Å²) in [6.07, 6.45) is 3.84. The van der Waals surface area contributed by atoms with Crippen LogP contribution in [0.2, 0.25) is 0 Å². The third kappa shape index (κ3) is 2.57. The molecule has 0 aliphatic heterocycles. The lowest BCUT2D eigenvalue weighted by atomic mass is 10.2. The Balaban J connectivity index is 1.85. The third-order valence-corrected chi connectivity index (χ3v) is 3.09. The standard InChI is InChI=1S/C17H15NO2/c1-12-3-9-16-15(11-12)18-17(20-16)10-6-13-4-7-14(19-2)8-5-13/h3-11H,1-2H3/b10-6-. The van der Waals surface area contributed by atoms with Gasteiger partial charge in [-0.1, -0.05) is 18.2 Å². The molecule has 3 aromatic rings. The molecule has 1 aromatic heterocycles. The van der Waals surface area contributed by atoms with E-state index in [1.54, 1.807) is 7.11 Å². The van der Waals surface area contributed by atoms with E-state index in [0.717, 1.165) is 22.4 Å². The van der Waals surface area contributed by atoms with E-state index >= 15 is 0 Å². The fourth-order valence-electron chi connectivity index (χ4n) is 2.01. The van der Waals surface area contributed by atoms with E-state index in [0.29, 0.717) is 5.89 Å². The van der Waals surface area contributed by atoms with Crippen molar-refractivity contribution in [2.24, 2.45) is 0 Å². The van der Waals surface area contributed by atoms with Gasteiger partial charge in [-0.3, -0.25) is 0 Å². The summed E-state index contributed by atoms with van der Waals surface area (Å²) in [6, 6.07) is 13.8. The van der Waals surface area contributed by atoms with Gasteiger partial charge in [-0.15, -0.1) is 0 Å². The number of rotatable bonds is 3. The molecule has 3 rings (SSSR count). The summed E-state index contributed by atoms with van der Waals surface area (Å²) in [5, 5.41) is 0. The van der Waals surface area contributed by atoms with Crippen LogP contribution in [0.5, 0.6) is 5.75 Å². The van der Waals surface area contributed by atoms with Gasteiger partial charge in [0.05, 0.1) is 7.11 Å². The molecule has 100 valence electrons. The molecule has 0 unspecified atom stereocenters. The normalized spacial score (nSPS) is 11.3. The lowest BCUT2D eigenvalue weighted by molar-refractivity contribution is 0.415. The third-order valence-electron chi connectivity index (χ3n) is 3.09. The van der Waals surface area contributed by atoms with Gasteiger partial charge in [0.25, 0.3) is 0 Å². The van der Waals surface area contributed by atoms with Gasteiger partial charge in [-0.2, -0.15) is 0 Å². The number of nitrogens with zero attached hydrogens (tertiary/aromatic N) is 1. The Bertz CT molecular complexity index is 754. The molecular formula is C17H15NO2. The Kier molecular flexibility index (Phi) is 3.25. The van der Waals surface area contributed by atoms with Crippen LogP contribution in [0.15, 0.2) is 46.9 Å². The van der Waals surface area contributed by atoms with Crippen LogP contribution < -0.4 is 4.74 Å². The zero-order valence-corrected chi connectivity index (χ0v) is 11.5. The SMILES string of the molecule is COc1ccc(/C=C\c2nc3cc(C)ccc3o2)cc1. The van der Waals surface area contributed by atoms with Crippen molar-refractivity contribution in [1.29, 1.82) is 0 Å². The van der Waals surface area contributed by atoms with Crippen LogP contribution in [0.1, 0.15) is 17.0 Å². The van der Waals surface area contributed by atoms with Gasteiger partial charge in [0.2, 0.25) is 5.89 Å². The Hall–Kier alpha value is -2.55. The summed E-state index contributed by atoms with van der Waals surface area (Å²) in [5.41, 5.74) is 3.95. The first-order chi connectivity index (χ1) is 9.74. The average Bonchev–Trinajstić information content (AvgIpc) is 2.87. The van der Waals surface area contributed by atoms with E-state index in [1.807, 2.05) is 61.5 Å². The highest BCUT2D eigenvalue weighted by atomic mass is 16.5. The first-order valence-electron chi connectivity index (χ1n) is 6.44.